The largest absolute Gasteiger partial charge is 0.386 e. The lowest BCUT2D eigenvalue weighted by atomic mass is 9.96. The molecule has 0 amide bonds. The predicted octanol–water partition coefficient (Wildman–Crippen LogP) is 4.98. The Morgan fingerprint density at radius 2 is 2.00 bits per heavy atom. The van der Waals surface area contributed by atoms with Crippen LogP contribution in [0.15, 0.2) is 29.3 Å². The molecular weight excluding hydrogens is 320 g/mol. The van der Waals surface area contributed by atoms with Crippen molar-refractivity contribution in [3.8, 4) is 0 Å². The monoisotopic (exact) mass is 348 g/mol. The van der Waals surface area contributed by atoms with Crippen molar-refractivity contribution in [2.75, 3.05) is 0 Å². The highest BCUT2D eigenvalue weighted by Crippen LogP contribution is 2.38. The molecule has 2 fully saturated rings. The topological polar surface area (TPSA) is 35.8 Å². The van der Waals surface area contributed by atoms with E-state index in [9.17, 15) is 5.11 Å². The van der Waals surface area contributed by atoms with Crippen LogP contribution in [-0.4, -0.2) is 34.0 Å². The van der Waals surface area contributed by atoms with E-state index in [1.807, 2.05) is 30.6 Å². The number of halogens is 1. The summed E-state index contributed by atoms with van der Waals surface area (Å²) in [6.07, 6.45) is 9.85. The quantitative estimate of drug-likeness (QED) is 0.615. The van der Waals surface area contributed by atoms with Gasteiger partial charge in [-0.2, -0.15) is 0 Å². The first-order valence-electron chi connectivity index (χ1n) is 9.23. The molecule has 1 N–H and O–H groups in total. The molecule has 4 heteroatoms. The lowest BCUT2D eigenvalue weighted by Crippen LogP contribution is -2.44. The van der Waals surface area contributed by atoms with Gasteiger partial charge in [-0.05, 0) is 57.2 Å². The van der Waals surface area contributed by atoms with Crippen molar-refractivity contribution in [2.24, 2.45) is 4.99 Å². The Kier molecular flexibility index (Phi) is 5.51. The first-order chi connectivity index (χ1) is 11.5. The number of aliphatic imine (C=N–C) groups is 1. The lowest BCUT2D eigenvalue weighted by molar-refractivity contribution is 0.0812. The third kappa shape index (κ3) is 3.94. The maximum atomic E-state index is 10.9. The van der Waals surface area contributed by atoms with Crippen LogP contribution in [0.4, 0.5) is 0 Å². The molecule has 3 nitrogen and oxygen atoms in total. The molecule has 2 aliphatic rings. The van der Waals surface area contributed by atoms with Crippen LogP contribution < -0.4 is 0 Å². The van der Waals surface area contributed by atoms with Crippen molar-refractivity contribution >= 4 is 17.9 Å². The van der Waals surface area contributed by atoms with E-state index in [1.54, 1.807) is 0 Å². The van der Waals surface area contributed by atoms with Gasteiger partial charge in [0.1, 0.15) is 0 Å². The van der Waals surface area contributed by atoms with Crippen molar-refractivity contribution in [2.45, 2.75) is 82.5 Å². The number of aliphatic hydroxyl groups excluding tert-OH is 1. The Morgan fingerprint density at radius 1 is 1.25 bits per heavy atom. The number of benzene rings is 1. The molecular formula is C20H29ClN2O. The zero-order valence-corrected chi connectivity index (χ0v) is 15.5. The first kappa shape index (κ1) is 17.8. The molecule has 1 aromatic rings. The second-order valence-corrected chi connectivity index (χ2v) is 8.32. The Morgan fingerprint density at radius 3 is 2.71 bits per heavy atom. The molecule has 1 saturated heterocycles. The van der Waals surface area contributed by atoms with Crippen LogP contribution in [0.1, 0.15) is 70.5 Å². The van der Waals surface area contributed by atoms with Gasteiger partial charge in [-0.3, -0.25) is 4.99 Å². The van der Waals surface area contributed by atoms with E-state index in [4.69, 9.17) is 16.6 Å². The van der Waals surface area contributed by atoms with Crippen molar-refractivity contribution in [1.29, 1.82) is 0 Å². The summed E-state index contributed by atoms with van der Waals surface area (Å²) in [7, 11) is 0. The number of hydrogen-bond acceptors (Lipinski definition) is 2. The molecule has 1 heterocycles. The number of nitrogens with zero attached hydrogens (tertiary/aromatic N) is 2. The van der Waals surface area contributed by atoms with Gasteiger partial charge in [0, 0.05) is 10.6 Å². The molecule has 2 atom stereocenters. The van der Waals surface area contributed by atoms with Crippen LogP contribution in [0.3, 0.4) is 0 Å². The van der Waals surface area contributed by atoms with Crippen LogP contribution in [0.2, 0.25) is 5.02 Å². The highest BCUT2D eigenvalue weighted by atomic mass is 35.5. The third-order valence-corrected chi connectivity index (χ3v) is 5.87. The van der Waals surface area contributed by atoms with Crippen LogP contribution in [-0.2, 0) is 0 Å². The molecule has 1 aliphatic carbocycles. The molecule has 132 valence electrons. The normalized spacial score (nSPS) is 26.2. The summed E-state index contributed by atoms with van der Waals surface area (Å²) >= 11 is 6.10. The minimum absolute atomic E-state index is 0.0301. The number of hydrogen-bond donors (Lipinski definition) is 1. The molecule has 3 rings (SSSR count). The maximum absolute atomic E-state index is 10.9. The van der Waals surface area contributed by atoms with Crippen molar-refractivity contribution < 1.29 is 5.11 Å². The zero-order chi connectivity index (χ0) is 17.2. The molecule has 0 bridgehead atoms. The standard InChI is InChI=1S/C20H29ClN2O/c1-20(2)12-11-18(19(24)15-7-6-8-16(21)13-15)23(20)14-22-17-9-4-3-5-10-17/h6-8,13-14,17-19,24H,3-5,9-12H2,1-2H3. The summed E-state index contributed by atoms with van der Waals surface area (Å²) in [5.74, 6) is 0. The highest BCUT2D eigenvalue weighted by Gasteiger charge is 2.41. The van der Waals surface area contributed by atoms with E-state index in [2.05, 4.69) is 18.7 Å². The van der Waals surface area contributed by atoms with Gasteiger partial charge in [0.15, 0.2) is 0 Å². The van der Waals surface area contributed by atoms with Gasteiger partial charge in [-0.1, -0.05) is 43.0 Å². The lowest BCUT2D eigenvalue weighted by Gasteiger charge is -2.36. The smallest absolute Gasteiger partial charge is 0.0994 e. The second kappa shape index (κ2) is 7.45. The van der Waals surface area contributed by atoms with E-state index in [-0.39, 0.29) is 11.6 Å². The molecule has 24 heavy (non-hydrogen) atoms. The SMILES string of the molecule is CC1(C)CCC(C(O)c2cccc(Cl)c2)N1C=NC1CCCCC1. The third-order valence-electron chi connectivity index (χ3n) is 5.64. The van der Waals surface area contributed by atoms with Gasteiger partial charge in [0.25, 0.3) is 0 Å². The fourth-order valence-electron chi connectivity index (χ4n) is 4.08. The van der Waals surface area contributed by atoms with Crippen LogP contribution in [0, 0.1) is 0 Å². The number of aliphatic hydroxyl groups is 1. The first-order valence-corrected chi connectivity index (χ1v) is 9.60. The van der Waals surface area contributed by atoms with Gasteiger partial charge in [0.05, 0.1) is 24.5 Å². The van der Waals surface area contributed by atoms with Crippen molar-refractivity contribution in [3.63, 3.8) is 0 Å². The molecule has 2 unspecified atom stereocenters. The summed E-state index contributed by atoms with van der Waals surface area (Å²) in [6, 6.07) is 8.09. The fourth-order valence-corrected chi connectivity index (χ4v) is 4.28. The summed E-state index contributed by atoms with van der Waals surface area (Å²) in [5.41, 5.74) is 0.920. The minimum Gasteiger partial charge on any atom is -0.386 e. The van der Waals surface area contributed by atoms with E-state index in [0.717, 1.165) is 18.4 Å². The molecule has 1 aliphatic heterocycles. The maximum Gasteiger partial charge on any atom is 0.0994 e. The summed E-state index contributed by atoms with van der Waals surface area (Å²) < 4.78 is 0. The molecule has 1 saturated carbocycles. The highest BCUT2D eigenvalue weighted by molar-refractivity contribution is 6.30. The van der Waals surface area contributed by atoms with Crippen LogP contribution >= 0.6 is 11.6 Å². The molecule has 0 radical (unpaired) electrons. The Labute approximate surface area is 150 Å². The molecule has 1 aromatic carbocycles. The predicted molar refractivity (Wildman–Crippen MR) is 101 cm³/mol. The fraction of sp³-hybridized carbons (Fsp3) is 0.650. The Balaban J connectivity index is 1.77. The van der Waals surface area contributed by atoms with Crippen LogP contribution in [0.25, 0.3) is 0 Å². The summed E-state index contributed by atoms with van der Waals surface area (Å²) in [5, 5.41) is 11.6. The second-order valence-electron chi connectivity index (χ2n) is 7.88. The average Bonchev–Trinajstić information content (AvgIpc) is 2.88. The molecule has 0 aromatic heterocycles. The Hall–Kier alpha value is -1.06. The van der Waals surface area contributed by atoms with E-state index < -0.39 is 6.10 Å². The summed E-state index contributed by atoms with van der Waals surface area (Å²) in [4.78, 5) is 7.15. The summed E-state index contributed by atoms with van der Waals surface area (Å²) in [6.45, 7) is 4.48. The molecule has 0 spiro atoms. The minimum atomic E-state index is -0.539. The number of likely N-dealkylation sites (tertiary alicyclic amines) is 1. The Bertz CT molecular complexity index is 581. The van der Waals surface area contributed by atoms with Crippen LogP contribution in [0.5, 0.6) is 0 Å². The zero-order valence-electron chi connectivity index (χ0n) is 14.8. The van der Waals surface area contributed by atoms with Crippen molar-refractivity contribution in [1.82, 2.24) is 4.90 Å². The van der Waals surface area contributed by atoms with Gasteiger partial charge >= 0.3 is 0 Å². The van der Waals surface area contributed by atoms with E-state index in [0.29, 0.717) is 11.1 Å². The van der Waals surface area contributed by atoms with Gasteiger partial charge < -0.3 is 10.0 Å². The van der Waals surface area contributed by atoms with Crippen molar-refractivity contribution in [3.05, 3.63) is 34.9 Å². The van der Waals surface area contributed by atoms with Gasteiger partial charge in [-0.15, -0.1) is 0 Å². The van der Waals surface area contributed by atoms with Gasteiger partial charge in [-0.25, -0.2) is 0 Å². The van der Waals surface area contributed by atoms with Gasteiger partial charge in [0.2, 0.25) is 0 Å². The number of rotatable bonds is 4. The van der Waals surface area contributed by atoms with E-state index >= 15 is 0 Å². The van der Waals surface area contributed by atoms with E-state index in [1.165, 1.54) is 32.1 Å². The average molecular weight is 349 g/mol.